The van der Waals surface area contributed by atoms with Gasteiger partial charge in [-0.15, -0.1) is 0 Å². The van der Waals surface area contributed by atoms with E-state index in [4.69, 9.17) is 26.8 Å². The van der Waals surface area contributed by atoms with Crippen molar-refractivity contribution >= 4 is 40.6 Å². The average Bonchev–Trinajstić information content (AvgIpc) is 2.67. The van der Waals surface area contributed by atoms with Crippen LogP contribution >= 0.6 is 11.6 Å². The summed E-state index contributed by atoms with van der Waals surface area (Å²) in [7, 11) is 1.38. The van der Waals surface area contributed by atoms with Crippen LogP contribution in [0.4, 0.5) is 11.4 Å². The third kappa shape index (κ3) is 5.71. The molecule has 0 radical (unpaired) electrons. The number of carbonyl (C=O) groups is 3. The van der Waals surface area contributed by atoms with Crippen LogP contribution in [0.5, 0.6) is 5.75 Å². The highest BCUT2D eigenvalue weighted by Crippen LogP contribution is 2.29. The number of nitrogens with two attached hydrogens (primary N) is 1. The van der Waals surface area contributed by atoms with Gasteiger partial charge in [-0.1, -0.05) is 32.4 Å². The van der Waals surface area contributed by atoms with E-state index in [9.17, 15) is 14.4 Å². The smallest absolute Gasteiger partial charge is 0.342 e. The van der Waals surface area contributed by atoms with Crippen LogP contribution < -0.4 is 15.8 Å². The van der Waals surface area contributed by atoms with Gasteiger partial charge in [0, 0.05) is 22.7 Å². The number of anilines is 2. The summed E-state index contributed by atoms with van der Waals surface area (Å²) in [6.07, 6.45) is 0. The third-order valence-corrected chi connectivity index (χ3v) is 4.35. The molecule has 0 aliphatic carbocycles. The number of hydrogen-bond acceptors (Lipinski definition) is 6. The molecule has 154 valence electrons. The zero-order valence-corrected chi connectivity index (χ0v) is 17.4. The maximum absolute atomic E-state index is 12.3. The van der Waals surface area contributed by atoms with E-state index in [0.717, 1.165) is 0 Å². The molecule has 2 aromatic rings. The second-order valence-electron chi connectivity index (χ2n) is 7.35. The molecule has 0 atom stereocenters. The normalized spacial score (nSPS) is 10.9. The first-order valence-corrected chi connectivity index (χ1v) is 9.15. The second kappa shape index (κ2) is 8.96. The molecule has 0 spiro atoms. The average molecular weight is 419 g/mol. The molecule has 0 bridgehead atoms. The summed E-state index contributed by atoms with van der Waals surface area (Å²) in [6.45, 7) is 4.95. The molecule has 0 aromatic heterocycles. The number of halogens is 1. The first kappa shape index (κ1) is 22.2. The second-order valence-corrected chi connectivity index (χ2v) is 7.76. The van der Waals surface area contributed by atoms with E-state index in [2.05, 4.69) is 5.32 Å². The van der Waals surface area contributed by atoms with Crippen LogP contribution in [-0.4, -0.2) is 31.4 Å². The summed E-state index contributed by atoms with van der Waals surface area (Å²) < 4.78 is 10.2. The molecule has 0 heterocycles. The number of nitrogen functional groups attached to an aromatic ring is 1. The van der Waals surface area contributed by atoms with Crippen LogP contribution in [0.15, 0.2) is 36.4 Å². The Bertz CT molecular complexity index is 933. The lowest BCUT2D eigenvalue weighted by atomic mass is 9.95. The van der Waals surface area contributed by atoms with E-state index in [1.54, 1.807) is 45.0 Å². The summed E-state index contributed by atoms with van der Waals surface area (Å²) in [5.41, 5.74) is 6.39. The van der Waals surface area contributed by atoms with Crippen molar-refractivity contribution in [3.63, 3.8) is 0 Å². The summed E-state index contributed by atoms with van der Waals surface area (Å²) in [4.78, 5) is 36.6. The van der Waals surface area contributed by atoms with Crippen molar-refractivity contribution in [3.8, 4) is 5.75 Å². The maximum Gasteiger partial charge on any atom is 0.342 e. The molecule has 0 unspecified atom stereocenters. The number of Topliss-reactive ketones (excluding diaryl/α,β-unsaturated/α-hetero) is 1. The van der Waals surface area contributed by atoms with Crippen molar-refractivity contribution in [2.75, 3.05) is 24.8 Å². The molecule has 7 nitrogen and oxygen atoms in total. The van der Waals surface area contributed by atoms with Crippen molar-refractivity contribution < 1.29 is 23.9 Å². The molecule has 29 heavy (non-hydrogen) atoms. The third-order valence-electron chi connectivity index (χ3n) is 4.02. The molecule has 0 aliphatic rings. The van der Waals surface area contributed by atoms with Crippen LogP contribution in [0.25, 0.3) is 0 Å². The Hall–Kier alpha value is -3.06. The quantitative estimate of drug-likeness (QED) is 0.417. The first-order valence-electron chi connectivity index (χ1n) is 8.77. The van der Waals surface area contributed by atoms with Crippen LogP contribution in [0.2, 0.25) is 5.02 Å². The Morgan fingerprint density at radius 1 is 1.10 bits per heavy atom. The van der Waals surface area contributed by atoms with Gasteiger partial charge in [-0.2, -0.15) is 0 Å². The summed E-state index contributed by atoms with van der Waals surface area (Å²) in [5, 5.41) is 2.95. The van der Waals surface area contributed by atoms with Crippen LogP contribution in [0, 0.1) is 5.41 Å². The van der Waals surface area contributed by atoms with Crippen molar-refractivity contribution in [1.82, 2.24) is 0 Å². The Kier molecular flexibility index (Phi) is 6.87. The number of nitrogens with one attached hydrogen (secondary N) is 1. The number of methoxy groups -OCH3 is 1. The Labute approximate surface area is 174 Å². The predicted molar refractivity (Wildman–Crippen MR) is 112 cm³/mol. The standard InChI is InChI=1S/C21H23ClN2O5/c1-21(2,3)20(27)24-13-7-5-12(6-8-13)17(25)11-29-19(26)14-9-15(22)16(23)10-18(14)28-4/h5-10H,11,23H2,1-4H3,(H,24,27). The van der Waals surface area contributed by atoms with Gasteiger partial charge in [-0.05, 0) is 30.3 Å². The number of rotatable bonds is 6. The monoisotopic (exact) mass is 418 g/mol. The van der Waals surface area contributed by atoms with Crippen molar-refractivity contribution in [1.29, 1.82) is 0 Å². The minimum Gasteiger partial charge on any atom is -0.496 e. The summed E-state index contributed by atoms with van der Waals surface area (Å²) in [6, 6.07) is 9.06. The van der Waals surface area contributed by atoms with Gasteiger partial charge < -0.3 is 20.5 Å². The zero-order valence-electron chi connectivity index (χ0n) is 16.7. The highest BCUT2D eigenvalue weighted by molar-refractivity contribution is 6.33. The van der Waals surface area contributed by atoms with Crippen molar-refractivity contribution in [2.24, 2.45) is 5.41 Å². The number of benzene rings is 2. The fraction of sp³-hybridized carbons (Fsp3) is 0.286. The van der Waals surface area contributed by atoms with Crippen molar-refractivity contribution in [3.05, 3.63) is 52.5 Å². The molecule has 1 amide bonds. The molecule has 2 aromatic carbocycles. The molecule has 0 saturated heterocycles. The van der Waals surface area contributed by atoms with Gasteiger partial charge in [0.2, 0.25) is 5.91 Å². The SMILES string of the molecule is COc1cc(N)c(Cl)cc1C(=O)OCC(=O)c1ccc(NC(=O)C(C)(C)C)cc1. The summed E-state index contributed by atoms with van der Waals surface area (Å²) >= 11 is 5.94. The van der Waals surface area contributed by atoms with Crippen LogP contribution in [0.1, 0.15) is 41.5 Å². The van der Waals surface area contributed by atoms with E-state index < -0.39 is 23.8 Å². The van der Waals surface area contributed by atoms with E-state index in [1.807, 2.05) is 0 Å². The molecule has 0 fully saturated rings. The zero-order chi connectivity index (χ0) is 21.8. The highest BCUT2D eigenvalue weighted by Gasteiger charge is 2.21. The molecule has 0 aliphatic heterocycles. The van der Waals surface area contributed by atoms with Gasteiger partial charge in [-0.25, -0.2) is 4.79 Å². The van der Waals surface area contributed by atoms with E-state index in [1.165, 1.54) is 19.2 Å². The van der Waals surface area contributed by atoms with Gasteiger partial charge >= 0.3 is 5.97 Å². The Morgan fingerprint density at radius 3 is 2.28 bits per heavy atom. The maximum atomic E-state index is 12.3. The largest absolute Gasteiger partial charge is 0.496 e. The number of esters is 1. The number of amides is 1. The van der Waals surface area contributed by atoms with Crippen LogP contribution in [0.3, 0.4) is 0 Å². The van der Waals surface area contributed by atoms with Gasteiger partial charge in [0.25, 0.3) is 0 Å². The minimum atomic E-state index is -0.758. The fourth-order valence-electron chi connectivity index (χ4n) is 2.25. The minimum absolute atomic E-state index is 0.0692. The highest BCUT2D eigenvalue weighted by atomic mass is 35.5. The molecule has 8 heteroatoms. The van der Waals surface area contributed by atoms with Crippen LogP contribution in [-0.2, 0) is 9.53 Å². The van der Waals surface area contributed by atoms with E-state index in [0.29, 0.717) is 11.3 Å². The number of ether oxygens (including phenoxy) is 2. The number of hydrogen-bond donors (Lipinski definition) is 2. The van der Waals surface area contributed by atoms with Gasteiger partial charge in [-0.3, -0.25) is 9.59 Å². The molecule has 0 saturated carbocycles. The Morgan fingerprint density at radius 2 is 1.72 bits per heavy atom. The number of ketones is 1. The fourth-order valence-corrected chi connectivity index (χ4v) is 2.41. The lowest BCUT2D eigenvalue weighted by molar-refractivity contribution is -0.123. The molecule has 3 N–H and O–H groups in total. The topological polar surface area (TPSA) is 108 Å². The molecule has 2 rings (SSSR count). The molecular formula is C21H23ClN2O5. The predicted octanol–water partition coefficient (Wildman–Crippen LogP) is 3.96. The van der Waals surface area contributed by atoms with Gasteiger partial charge in [0.15, 0.2) is 12.4 Å². The molecular weight excluding hydrogens is 396 g/mol. The van der Waals surface area contributed by atoms with Gasteiger partial charge in [0.1, 0.15) is 11.3 Å². The van der Waals surface area contributed by atoms with E-state index >= 15 is 0 Å². The lowest BCUT2D eigenvalue weighted by Gasteiger charge is -2.17. The van der Waals surface area contributed by atoms with Gasteiger partial charge in [0.05, 0.1) is 17.8 Å². The van der Waals surface area contributed by atoms with Crippen molar-refractivity contribution in [2.45, 2.75) is 20.8 Å². The first-order chi connectivity index (χ1) is 13.5. The lowest BCUT2D eigenvalue weighted by Crippen LogP contribution is -2.27. The number of carbonyl (C=O) groups excluding carboxylic acids is 3. The Balaban J connectivity index is 2.02. The van der Waals surface area contributed by atoms with E-state index in [-0.39, 0.29) is 27.9 Å². The summed E-state index contributed by atoms with van der Waals surface area (Å²) in [5.74, 6) is -1.09.